The predicted octanol–water partition coefficient (Wildman–Crippen LogP) is 3.83. The van der Waals surface area contributed by atoms with Gasteiger partial charge in [0.25, 0.3) is 0 Å². The van der Waals surface area contributed by atoms with E-state index in [0.717, 1.165) is 5.56 Å². The van der Waals surface area contributed by atoms with Crippen LogP contribution in [0.5, 0.6) is 0 Å². The molecule has 0 aliphatic rings. The van der Waals surface area contributed by atoms with E-state index in [1.165, 1.54) is 41.4 Å². The van der Waals surface area contributed by atoms with Gasteiger partial charge in [0.05, 0.1) is 5.69 Å². The quantitative estimate of drug-likeness (QED) is 0.365. The molecule has 4 rings (SSSR count). The minimum atomic E-state index is -0.877. The van der Waals surface area contributed by atoms with Gasteiger partial charge in [-0.15, -0.1) is 5.10 Å². The maximum absolute atomic E-state index is 13.2. The third kappa shape index (κ3) is 6.58. The van der Waals surface area contributed by atoms with Crippen LogP contribution in [0.2, 0.25) is 5.02 Å². The van der Waals surface area contributed by atoms with Crippen molar-refractivity contribution in [2.24, 2.45) is 0 Å². The molecule has 1 aromatic heterocycles. The Balaban J connectivity index is 1.52. The molecular weight excluding hydrogens is 471 g/mol. The van der Waals surface area contributed by atoms with E-state index in [1.54, 1.807) is 24.3 Å². The summed E-state index contributed by atoms with van der Waals surface area (Å²) in [6.07, 6.45) is 4.56. The Morgan fingerprint density at radius 1 is 1.06 bits per heavy atom. The van der Waals surface area contributed by atoms with E-state index < -0.39 is 23.7 Å². The number of tetrazole rings is 1. The van der Waals surface area contributed by atoms with Crippen LogP contribution in [0.3, 0.4) is 0 Å². The van der Waals surface area contributed by atoms with E-state index in [9.17, 15) is 14.0 Å². The first kappa shape index (κ1) is 23.8. The molecule has 2 N–H and O–H groups in total. The normalized spacial score (nSPS) is 11.8. The molecular formula is C25H20ClFN6O2. The number of carbonyl (C=O) groups excluding carboxylic acids is 2. The fourth-order valence-electron chi connectivity index (χ4n) is 3.35. The zero-order chi connectivity index (χ0) is 24.6. The average molecular weight is 491 g/mol. The van der Waals surface area contributed by atoms with Crippen molar-refractivity contribution in [1.82, 2.24) is 25.5 Å². The monoisotopic (exact) mass is 490 g/mol. The van der Waals surface area contributed by atoms with Crippen LogP contribution >= 0.6 is 11.6 Å². The number of nitrogens with one attached hydrogen (secondary N) is 2. The van der Waals surface area contributed by atoms with Crippen molar-refractivity contribution in [3.8, 4) is 5.69 Å². The lowest BCUT2D eigenvalue weighted by atomic mass is 10.0. The smallest absolute Gasteiger partial charge is 0.247 e. The van der Waals surface area contributed by atoms with Gasteiger partial charge in [-0.2, -0.15) is 4.68 Å². The van der Waals surface area contributed by atoms with E-state index in [1.807, 2.05) is 30.3 Å². The van der Waals surface area contributed by atoms with Gasteiger partial charge in [0.15, 0.2) is 0 Å². The summed E-state index contributed by atoms with van der Waals surface area (Å²) in [5.74, 6) is -1.33. The maximum Gasteiger partial charge on any atom is 0.247 e. The van der Waals surface area contributed by atoms with Crippen LogP contribution in [-0.2, 0) is 16.0 Å². The first-order valence-electron chi connectivity index (χ1n) is 10.6. The fourth-order valence-corrected chi connectivity index (χ4v) is 3.53. The van der Waals surface area contributed by atoms with Crippen molar-refractivity contribution >= 4 is 35.2 Å². The Morgan fingerprint density at radius 3 is 2.54 bits per heavy atom. The lowest BCUT2D eigenvalue weighted by molar-refractivity contribution is -0.123. The van der Waals surface area contributed by atoms with Gasteiger partial charge >= 0.3 is 0 Å². The van der Waals surface area contributed by atoms with Crippen LogP contribution in [0.1, 0.15) is 11.1 Å². The van der Waals surface area contributed by atoms with Crippen LogP contribution < -0.4 is 10.6 Å². The molecule has 0 spiro atoms. The molecule has 35 heavy (non-hydrogen) atoms. The van der Waals surface area contributed by atoms with Crippen LogP contribution in [0.25, 0.3) is 11.8 Å². The highest BCUT2D eigenvalue weighted by molar-refractivity contribution is 6.30. The Bertz CT molecular complexity index is 1330. The number of hydrogen-bond acceptors (Lipinski definition) is 5. The second-order valence-electron chi connectivity index (χ2n) is 7.54. The number of benzene rings is 3. The van der Waals surface area contributed by atoms with E-state index >= 15 is 0 Å². The van der Waals surface area contributed by atoms with Crippen LogP contribution in [0.15, 0.2) is 85.2 Å². The number of carbonyl (C=O) groups is 2. The molecule has 0 aliphatic carbocycles. The topological polar surface area (TPSA) is 102 Å². The number of amides is 2. The third-order valence-corrected chi connectivity index (χ3v) is 5.26. The summed E-state index contributed by atoms with van der Waals surface area (Å²) in [4.78, 5) is 25.8. The van der Waals surface area contributed by atoms with Gasteiger partial charge in [-0.3, -0.25) is 9.59 Å². The summed E-state index contributed by atoms with van der Waals surface area (Å²) < 4.78 is 14.7. The number of nitrogens with zero attached hydrogens (tertiary/aromatic N) is 4. The van der Waals surface area contributed by atoms with Crippen molar-refractivity contribution < 1.29 is 14.0 Å². The number of rotatable bonds is 8. The molecule has 1 heterocycles. The summed E-state index contributed by atoms with van der Waals surface area (Å²) in [5.41, 5.74) is 2.52. The van der Waals surface area contributed by atoms with Gasteiger partial charge < -0.3 is 10.6 Å². The highest BCUT2D eigenvalue weighted by Gasteiger charge is 2.21. The summed E-state index contributed by atoms with van der Waals surface area (Å²) in [5, 5.41) is 17.1. The van der Waals surface area contributed by atoms with Gasteiger partial charge in [-0.25, -0.2) is 4.39 Å². The zero-order valence-corrected chi connectivity index (χ0v) is 19.1. The van der Waals surface area contributed by atoms with Crippen molar-refractivity contribution in [3.05, 3.63) is 107 Å². The lowest BCUT2D eigenvalue weighted by Gasteiger charge is -2.18. The van der Waals surface area contributed by atoms with Gasteiger partial charge in [0.1, 0.15) is 18.2 Å². The van der Waals surface area contributed by atoms with Crippen LogP contribution in [0.4, 0.5) is 10.1 Å². The molecule has 4 aromatic rings. The largest absolute Gasteiger partial charge is 0.340 e. The Morgan fingerprint density at radius 2 is 1.83 bits per heavy atom. The lowest BCUT2D eigenvalue weighted by Crippen LogP contribution is -2.44. The zero-order valence-electron chi connectivity index (χ0n) is 18.3. The molecule has 0 unspecified atom stereocenters. The number of anilines is 1. The van der Waals surface area contributed by atoms with E-state index in [-0.39, 0.29) is 6.42 Å². The molecule has 1 atom stereocenters. The van der Waals surface area contributed by atoms with Crippen molar-refractivity contribution in [2.75, 3.05) is 5.32 Å². The van der Waals surface area contributed by atoms with Crippen molar-refractivity contribution in [1.29, 1.82) is 0 Å². The molecule has 0 bridgehead atoms. The fraction of sp³-hybridized carbons (Fsp3) is 0.0800. The third-order valence-electron chi connectivity index (χ3n) is 5.03. The number of hydrogen-bond donors (Lipinski definition) is 2. The molecule has 10 heteroatoms. The average Bonchev–Trinajstić information content (AvgIpc) is 3.39. The van der Waals surface area contributed by atoms with Crippen molar-refractivity contribution in [3.63, 3.8) is 0 Å². The van der Waals surface area contributed by atoms with Gasteiger partial charge in [0, 0.05) is 28.8 Å². The minimum Gasteiger partial charge on any atom is -0.340 e. The second-order valence-corrected chi connectivity index (χ2v) is 7.97. The summed E-state index contributed by atoms with van der Waals surface area (Å²) in [6, 6.07) is 18.9. The number of aromatic nitrogens is 4. The van der Waals surface area contributed by atoms with Gasteiger partial charge in [-0.05, 0) is 64.5 Å². The molecule has 3 aromatic carbocycles. The maximum atomic E-state index is 13.2. The van der Waals surface area contributed by atoms with Crippen molar-refractivity contribution in [2.45, 2.75) is 12.5 Å². The summed E-state index contributed by atoms with van der Waals surface area (Å²) in [6.45, 7) is 0. The summed E-state index contributed by atoms with van der Waals surface area (Å²) >= 11 is 6.12. The SMILES string of the molecule is O=C(C=Cc1cc(Cl)ccc1-n1cnnn1)N[C@@H](Cc1ccccc1)C(=O)Nc1ccc(F)cc1. The Kier molecular flexibility index (Phi) is 7.59. The Labute approximate surface area is 205 Å². The van der Waals surface area contributed by atoms with Gasteiger partial charge in [0.2, 0.25) is 11.8 Å². The van der Waals surface area contributed by atoms with Gasteiger partial charge in [-0.1, -0.05) is 41.9 Å². The van der Waals surface area contributed by atoms with E-state index in [4.69, 9.17) is 11.6 Å². The molecule has 8 nitrogen and oxygen atoms in total. The molecule has 0 fully saturated rings. The standard InChI is InChI=1S/C25H20ClFN6O2/c26-19-7-12-23(33-16-28-31-32-33)18(15-19)6-13-24(34)30-22(14-17-4-2-1-3-5-17)25(35)29-21-10-8-20(27)9-11-21/h1-13,15-16,22H,14H2,(H,29,35)(H,30,34)/t22-/m0/s1. The van der Waals surface area contributed by atoms with E-state index in [0.29, 0.717) is 22.0 Å². The minimum absolute atomic E-state index is 0.264. The molecule has 176 valence electrons. The summed E-state index contributed by atoms with van der Waals surface area (Å²) in [7, 11) is 0. The molecule has 2 amide bonds. The molecule has 0 aliphatic heterocycles. The number of halogens is 2. The molecule has 0 saturated heterocycles. The first-order chi connectivity index (χ1) is 17.0. The molecule has 0 radical (unpaired) electrons. The highest BCUT2D eigenvalue weighted by Crippen LogP contribution is 2.20. The van der Waals surface area contributed by atoms with Crippen LogP contribution in [0, 0.1) is 5.82 Å². The predicted molar refractivity (Wildman–Crippen MR) is 130 cm³/mol. The highest BCUT2D eigenvalue weighted by atomic mass is 35.5. The second kappa shape index (κ2) is 11.2. The first-order valence-corrected chi connectivity index (χ1v) is 11.0. The Hall–Kier alpha value is -4.37. The van der Waals surface area contributed by atoms with Crippen LogP contribution in [-0.4, -0.2) is 38.1 Å². The van der Waals surface area contributed by atoms with E-state index in [2.05, 4.69) is 26.2 Å². The molecule has 0 saturated carbocycles.